The van der Waals surface area contributed by atoms with Crippen molar-refractivity contribution in [2.45, 2.75) is 89.7 Å². The van der Waals surface area contributed by atoms with E-state index in [4.69, 9.17) is 4.74 Å². The number of ether oxygens (including phenoxy) is 1. The van der Waals surface area contributed by atoms with Gasteiger partial charge in [-0.25, -0.2) is 0 Å². The number of hydrogen-bond acceptors (Lipinski definition) is 3. The van der Waals surface area contributed by atoms with Crippen molar-refractivity contribution >= 4 is 11.7 Å². The second-order valence-corrected chi connectivity index (χ2v) is 6.82. The van der Waals surface area contributed by atoms with E-state index in [1.165, 1.54) is 19.3 Å². The Morgan fingerprint density at radius 3 is 2.32 bits per heavy atom. The minimum absolute atomic E-state index is 0.0982. The van der Waals surface area contributed by atoms with Gasteiger partial charge >= 0.3 is 0 Å². The first-order valence-electron chi connectivity index (χ1n) is 9.12. The van der Waals surface area contributed by atoms with Crippen molar-refractivity contribution < 1.29 is 14.3 Å². The molecule has 2 fully saturated rings. The van der Waals surface area contributed by atoms with Gasteiger partial charge in [0.1, 0.15) is 5.78 Å². The monoisotopic (exact) mass is 309 g/mol. The molecule has 4 nitrogen and oxygen atoms in total. The van der Waals surface area contributed by atoms with Crippen LogP contribution in [0.3, 0.4) is 0 Å². The highest BCUT2D eigenvalue weighted by atomic mass is 16.5. The summed E-state index contributed by atoms with van der Waals surface area (Å²) in [6.07, 6.45) is 11.3. The van der Waals surface area contributed by atoms with Gasteiger partial charge in [-0.2, -0.15) is 0 Å². The molecule has 0 atom stereocenters. The predicted molar refractivity (Wildman–Crippen MR) is 86.6 cm³/mol. The van der Waals surface area contributed by atoms with E-state index in [1.807, 2.05) is 6.92 Å². The smallest absolute Gasteiger partial charge is 0.222 e. The molecule has 126 valence electrons. The molecular formula is C18H31NO3. The van der Waals surface area contributed by atoms with Gasteiger partial charge in [-0.1, -0.05) is 26.2 Å². The molecule has 0 heterocycles. The van der Waals surface area contributed by atoms with Crippen LogP contribution in [0.5, 0.6) is 0 Å². The van der Waals surface area contributed by atoms with Crippen LogP contribution in [-0.2, 0) is 14.3 Å². The highest BCUT2D eigenvalue weighted by molar-refractivity contribution is 5.80. The Balaban J connectivity index is 1.56. The zero-order chi connectivity index (χ0) is 15.8. The maximum Gasteiger partial charge on any atom is 0.222 e. The zero-order valence-corrected chi connectivity index (χ0v) is 13.9. The molecule has 2 rings (SSSR count). The van der Waals surface area contributed by atoms with Crippen molar-refractivity contribution in [3.05, 3.63) is 0 Å². The van der Waals surface area contributed by atoms with Gasteiger partial charge < -0.3 is 10.1 Å². The number of carbonyl (C=O) groups is 2. The molecule has 0 aromatic heterocycles. The van der Waals surface area contributed by atoms with Crippen molar-refractivity contribution in [3.8, 4) is 0 Å². The molecule has 0 aliphatic heterocycles. The Labute approximate surface area is 134 Å². The summed E-state index contributed by atoms with van der Waals surface area (Å²) in [6.45, 7) is 2.47. The summed E-state index contributed by atoms with van der Waals surface area (Å²) in [5, 5.41) is 3.10. The molecule has 4 heteroatoms. The Bertz CT molecular complexity index is 355. The second-order valence-electron chi connectivity index (χ2n) is 6.82. The third-order valence-corrected chi connectivity index (χ3v) is 5.13. The maximum atomic E-state index is 12.0. The van der Waals surface area contributed by atoms with Gasteiger partial charge in [0.25, 0.3) is 0 Å². The molecule has 0 aromatic carbocycles. The van der Waals surface area contributed by atoms with Gasteiger partial charge in [0.2, 0.25) is 5.91 Å². The molecule has 1 N–H and O–H groups in total. The van der Waals surface area contributed by atoms with Crippen LogP contribution in [0.1, 0.15) is 77.6 Å². The fourth-order valence-corrected chi connectivity index (χ4v) is 3.70. The molecule has 0 bridgehead atoms. The summed E-state index contributed by atoms with van der Waals surface area (Å²) in [5.41, 5.74) is 0. The van der Waals surface area contributed by atoms with E-state index >= 15 is 0 Å². The van der Waals surface area contributed by atoms with Gasteiger partial charge in [-0.3, -0.25) is 9.59 Å². The van der Waals surface area contributed by atoms with Crippen molar-refractivity contribution in [3.63, 3.8) is 0 Å². The predicted octanol–water partition coefficient (Wildman–Crippen LogP) is 3.38. The highest BCUT2D eigenvalue weighted by Crippen LogP contribution is 2.26. The normalized spacial score (nSPS) is 26.6. The average molecular weight is 309 g/mol. The molecule has 2 saturated carbocycles. The number of nitrogens with one attached hydrogen (secondary N) is 1. The van der Waals surface area contributed by atoms with Gasteiger partial charge in [0.15, 0.2) is 0 Å². The minimum Gasteiger partial charge on any atom is -0.378 e. The Morgan fingerprint density at radius 1 is 1.00 bits per heavy atom. The van der Waals surface area contributed by atoms with Crippen molar-refractivity contribution in [2.24, 2.45) is 5.92 Å². The fraction of sp³-hybridized carbons (Fsp3) is 0.889. The van der Waals surface area contributed by atoms with Crippen LogP contribution in [0, 0.1) is 5.92 Å². The molecule has 2 aliphatic rings. The summed E-state index contributed by atoms with van der Waals surface area (Å²) in [4.78, 5) is 23.6. The number of rotatable bonds is 7. The van der Waals surface area contributed by atoms with E-state index in [9.17, 15) is 9.59 Å². The number of Topliss-reactive ketones (excluding diaryl/α,β-unsaturated/α-hetero) is 1. The molecule has 0 radical (unpaired) electrons. The molecule has 1 amide bonds. The summed E-state index contributed by atoms with van der Waals surface area (Å²) in [6, 6.07) is 0.253. The molecule has 2 aliphatic carbocycles. The van der Waals surface area contributed by atoms with Crippen LogP contribution in [0.15, 0.2) is 0 Å². The van der Waals surface area contributed by atoms with Crippen molar-refractivity contribution in [2.75, 3.05) is 6.61 Å². The third-order valence-electron chi connectivity index (χ3n) is 5.13. The van der Waals surface area contributed by atoms with Crippen LogP contribution in [0.25, 0.3) is 0 Å². The standard InChI is InChI=1S/C18H31NO3/c1-2-17(20)14-8-10-15(11-9-14)19-18(21)12-13-22-16-6-4-3-5-7-16/h14-16H,2-13H2,1H3,(H,19,21). The van der Waals surface area contributed by atoms with E-state index in [0.717, 1.165) is 38.5 Å². The Hall–Kier alpha value is -0.900. The summed E-state index contributed by atoms with van der Waals surface area (Å²) in [5.74, 6) is 0.708. The van der Waals surface area contributed by atoms with Crippen molar-refractivity contribution in [1.29, 1.82) is 0 Å². The van der Waals surface area contributed by atoms with Gasteiger partial charge in [-0.15, -0.1) is 0 Å². The lowest BCUT2D eigenvalue weighted by molar-refractivity contribution is -0.124. The lowest BCUT2D eigenvalue weighted by Crippen LogP contribution is -2.39. The van der Waals surface area contributed by atoms with Gasteiger partial charge in [-0.05, 0) is 38.5 Å². The van der Waals surface area contributed by atoms with Gasteiger partial charge in [0, 0.05) is 24.8 Å². The summed E-state index contributed by atoms with van der Waals surface area (Å²) >= 11 is 0. The molecule has 22 heavy (non-hydrogen) atoms. The third kappa shape index (κ3) is 5.71. The van der Waals surface area contributed by atoms with E-state index in [-0.39, 0.29) is 17.9 Å². The van der Waals surface area contributed by atoms with Gasteiger partial charge in [0.05, 0.1) is 12.7 Å². The summed E-state index contributed by atoms with van der Waals surface area (Å²) in [7, 11) is 0. The van der Waals surface area contributed by atoms with E-state index in [1.54, 1.807) is 0 Å². The number of amides is 1. The molecule has 0 saturated heterocycles. The number of carbonyl (C=O) groups excluding carboxylic acids is 2. The number of ketones is 1. The quantitative estimate of drug-likeness (QED) is 0.784. The largest absolute Gasteiger partial charge is 0.378 e. The van der Waals surface area contributed by atoms with E-state index in [2.05, 4.69) is 5.32 Å². The molecule has 0 spiro atoms. The van der Waals surface area contributed by atoms with Crippen molar-refractivity contribution in [1.82, 2.24) is 5.32 Å². The van der Waals surface area contributed by atoms with Crippen LogP contribution >= 0.6 is 0 Å². The van der Waals surface area contributed by atoms with E-state index in [0.29, 0.717) is 31.3 Å². The average Bonchev–Trinajstić information content (AvgIpc) is 2.56. The lowest BCUT2D eigenvalue weighted by Gasteiger charge is -2.28. The summed E-state index contributed by atoms with van der Waals surface area (Å²) < 4.78 is 5.80. The Morgan fingerprint density at radius 2 is 1.68 bits per heavy atom. The van der Waals surface area contributed by atoms with Crippen LogP contribution in [0.2, 0.25) is 0 Å². The Kier molecular flexibility index (Phi) is 7.37. The van der Waals surface area contributed by atoms with Crippen LogP contribution < -0.4 is 5.32 Å². The minimum atomic E-state index is 0.0982. The van der Waals surface area contributed by atoms with Crippen LogP contribution in [-0.4, -0.2) is 30.4 Å². The highest BCUT2D eigenvalue weighted by Gasteiger charge is 2.25. The van der Waals surface area contributed by atoms with E-state index < -0.39 is 0 Å². The first-order valence-corrected chi connectivity index (χ1v) is 9.12. The SMILES string of the molecule is CCC(=O)C1CCC(NC(=O)CCOC2CCCCC2)CC1. The molecular weight excluding hydrogens is 278 g/mol. The second kappa shape index (κ2) is 9.29. The first-order chi connectivity index (χ1) is 10.7. The van der Waals surface area contributed by atoms with Crippen LogP contribution in [0.4, 0.5) is 0 Å². The topological polar surface area (TPSA) is 55.4 Å². The number of hydrogen-bond donors (Lipinski definition) is 1. The molecule has 0 aromatic rings. The zero-order valence-electron chi connectivity index (χ0n) is 13.9. The fourth-order valence-electron chi connectivity index (χ4n) is 3.70. The maximum absolute atomic E-state index is 12.0. The molecule has 0 unspecified atom stereocenters. The first kappa shape index (κ1) is 17.5. The lowest BCUT2D eigenvalue weighted by atomic mass is 9.83.